The van der Waals surface area contributed by atoms with Gasteiger partial charge in [0.2, 0.25) is 0 Å². The number of unbranched alkanes of at least 4 members (excludes halogenated alkanes) is 1. The van der Waals surface area contributed by atoms with Crippen LogP contribution in [0.1, 0.15) is 36.5 Å². The summed E-state index contributed by atoms with van der Waals surface area (Å²) in [4.78, 5) is 0. The van der Waals surface area contributed by atoms with Crippen LogP contribution in [0.2, 0.25) is 0 Å². The topological polar surface area (TPSA) is 29.5 Å². The van der Waals surface area contributed by atoms with Crippen molar-refractivity contribution in [2.45, 2.75) is 40.2 Å². The quantitative estimate of drug-likeness (QED) is 0.644. The van der Waals surface area contributed by atoms with Gasteiger partial charge in [0.05, 0.1) is 13.2 Å². The maximum atomic E-state index is 9.46. The lowest BCUT2D eigenvalue weighted by Gasteiger charge is -2.09. The van der Waals surface area contributed by atoms with Crippen LogP contribution in [0.5, 0.6) is 5.75 Å². The van der Waals surface area contributed by atoms with Crippen LogP contribution in [0.4, 0.5) is 0 Å². The third kappa shape index (κ3) is 2.49. The van der Waals surface area contributed by atoms with Crippen molar-refractivity contribution in [3.63, 3.8) is 0 Å². The summed E-state index contributed by atoms with van der Waals surface area (Å²) in [5, 5.41) is 12.0. The highest BCUT2D eigenvalue weighted by Gasteiger charge is 2.13. The van der Waals surface area contributed by atoms with E-state index in [1.165, 1.54) is 31.3 Å². The van der Waals surface area contributed by atoms with E-state index in [1.807, 2.05) is 6.07 Å². The summed E-state index contributed by atoms with van der Waals surface area (Å²) in [7, 11) is 0. The molecule has 2 nitrogen and oxygen atoms in total. The second-order valence-electron chi connectivity index (χ2n) is 5.75. The van der Waals surface area contributed by atoms with E-state index in [0.29, 0.717) is 0 Å². The van der Waals surface area contributed by atoms with Crippen molar-refractivity contribution in [1.82, 2.24) is 0 Å². The number of hydrogen-bond acceptors (Lipinski definition) is 3. The molecule has 116 valence electrons. The van der Waals surface area contributed by atoms with Gasteiger partial charge in [0.25, 0.3) is 0 Å². The van der Waals surface area contributed by atoms with Crippen LogP contribution >= 0.6 is 11.3 Å². The maximum Gasteiger partial charge on any atom is 0.123 e. The van der Waals surface area contributed by atoms with Gasteiger partial charge in [-0.05, 0) is 43.5 Å². The minimum Gasteiger partial charge on any atom is -0.493 e. The van der Waals surface area contributed by atoms with Crippen molar-refractivity contribution in [1.29, 1.82) is 0 Å². The highest BCUT2D eigenvalue weighted by atomic mass is 32.1. The molecule has 0 radical (unpaired) electrons. The summed E-state index contributed by atoms with van der Waals surface area (Å²) in [6.45, 7) is 7.28. The van der Waals surface area contributed by atoms with Gasteiger partial charge in [0.1, 0.15) is 5.75 Å². The first kappa shape index (κ1) is 15.3. The van der Waals surface area contributed by atoms with Crippen LogP contribution in [0.25, 0.3) is 20.2 Å². The highest BCUT2D eigenvalue weighted by Crippen LogP contribution is 2.41. The number of rotatable bonds is 5. The van der Waals surface area contributed by atoms with E-state index in [2.05, 4.69) is 39.0 Å². The average molecular weight is 314 g/mol. The minimum absolute atomic E-state index is 0.0976. The van der Waals surface area contributed by atoms with Gasteiger partial charge in [-0.2, -0.15) is 0 Å². The van der Waals surface area contributed by atoms with Crippen molar-refractivity contribution in [2.24, 2.45) is 0 Å². The Morgan fingerprint density at radius 3 is 2.36 bits per heavy atom. The molecule has 1 N–H and O–H groups in total. The van der Waals surface area contributed by atoms with Crippen LogP contribution in [-0.4, -0.2) is 11.7 Å². The van der Waals surface area contributed by atoms with Gasteiger partial charge >= 0.3 is 0 Å². The summed E-state index contributed by atoms with van der Waals surface area (Å²) < 4.78 is 8.49. The molecule has 3 heteroatoms. The Balaban J connectivity index is 2.14. The molecule has 0 spiro atoms. The van der Waals surface area contributed by atoms with Gasteiger partial charge in [0.15, 0.2) is 0 Å². The Hall–Kier alpha value is -1.58. The summed E-state index contributed by atoms with van der Waals surface area (Å²) in [6, 6.07) is 8.42. The summed E-state index contributed by atoms with van der Waals surface area (Å²) in [5.74, 6) is 0.993. The molecule has 0 bridgehead atoms. The van der Waals surface area contributed by atoms with E-state index in [4.69, 9.17) is 4.74 Å². The molecule has 3 rings (SSSR count). The van der Waals surface area contributed by atoms with Crippen LogP contribution in [0.15, 0.2) is 24.3 Å². The third-order valence-corrected chi connectivity index (χ3v) is 5.75. The number of ether oxygens (including phenoxy) is 1. The Bertz CT molecular complexity index is 817. The van der Waals surface area contributed by atoms with Gasteiger partial charge in [-0.25, -0.2) is 0 Å². The molecule has 0 amide bonds. The zero-order valence-corrected chi connectivity index (χ0v) is 14.2. The molecule has 1 aromatic heterocycles. The largest absolute Gasteiger partial charge is 0.493 e. The van der Waals surface area contributed by atoms with Gasteiger partial charge in [-0.3, -0.25) is 0 Å². The molecule has 0 aliphatic heterocycles. The summed E-state index contributed by atoms with van der Waals surface area (Å²) in [6.07, 6.45) is 2.23. The van der Waals surface area contributed by atoms with Crippen molar-refractivity contribution >= 4 is 31.5 Å². The van der Waals surface area contributed by atoms with E-state index in [0.717, 1.165) is 30.8 Å². The van der Waals surface area contributed by atoms with Crippen LogP contribution in [0.3, 0.4) is 0 Å². The lowest BCUT2D eigenvalue weighted by Crippen LogP contribution is -1.97. The number of thiophene rings is 1. The predicted molar refractivity (Wildman–Crippen MR) is 95.1 cm³/mol. The van der Waals surface area contributed by atoms with Crippen LogP contribution < -0.4 is 4.74 Å². The fourth-order valence-electron chi connectivity index (χ4n) is 2.85. The highest BCUT2D eigenvalue weighted by molar-refractivity contribution is 7.26. The SMILES string of the molecule is CCCCOc1ccc2c(sc3c(C)c(CO)ccc32)c1C. The Kier molecular flexibility index (Phi) is 4.37. The first-order valence-electron chi connectivity index (χ1n) is 7.85. The maximum absolute atomic E-state index is 9.46. The number of aliphatic hydroxyl groups is 1. The van der Waals surface area contributed by atoms with Crippen molar-refractivity contribution in [2.75, 3.05) is 6.61 Å². The zero-order valence-electron chi connectivity index (χ0n) is 13.4. The van der Waals surface area contributed by atoms with E-state index < -0.39 is 0 Å². The van der Waals surface area contributed by atoms with E-state index >= 15 is 0 Å². The molecule has 22 heavy (non-hydrogen) atoms. The molecule has 2 aromatic carbocycles. The molecule has 0 fully saturated rings. The number of aryl methyl sites for hydroxylation is 2. The lowest BCUT2D eigenvalue weighted by atomic mass is 10.0. The third-order valence-electron chi connectivity index (χ3n) is 4.29. The molecule has 0 atom stereocenters. The molecular formula is C19H22O2S. The monoisotopic (exact) mass is 314 g/mol. The molecule has 0 unspecified atom stereocenters. The number of hydrogen-bond donors (Lipinski definition) is 1. The van der Waals surface area contributed by atoms with Gasteiger partial charge in [0, 0.05) is 25.7 Å². The van der Waals surface area contributed by atoms with Gasteiger partial charge in [-0.15, -0.1) is 11.3 Å². The number of fused-ring (bicyclic) bond motifs is 3. The molecule has 1 heterocycles. The van der Waals surface area contributed by atoms with Gasteiger partial charge < -0.3 is 9.84 Å². The number of aliphatic hydroxyl groups excluding tert-OH is 1. The number of benzene rings is 2. The van der Waals surface area contributed by atoms with Crippen molar-refractivity contribution < 1.29 is 9.84 Å². The second-order valence-corrected chi connectivity index (χ2v) is 6.77. The van der Waals surface area contributed by atoms with Crippen molar-refractivity contribution in [3.05, 3.63) is 41.0 Å². The Morgan fingerprint density at radius 1 is 1.00 bits per heavy atom. The summed E-state index contributed by atoms with van der Waals surface area (Å²) >= 11 is 1.81. The van der Waals surface area contributed by atoms with E-state index in [-0.39, 0.29) is 6.61 Å². The average Bonchev–Trinajstić information content (AvgIpc) is 2.91. The van der Waals surface area contributed by atoms with Gasteiger partial charge in [-0.1, -0.05) is 25.5 Å². The second kappa shape index (κ2) is 6.27. The van der Waals surface area contributed by atoms with E-state index in [9.17, 15) is 5.11 Å². The van der Waals surface area contributed by atoms with E-state index in [1.54, 1.807) is 11.3 Å². The minimum atomic E-state index is 0.0976. The smallest absolute Gasteiger partial charge is 0.123 e. The fraction of sp³-hybridized carbons (Fsp3) is 0.368. The predicted octanol–water partition coefficient (Wildman–Crippen LogP) is 5.34. The molecular weight excluding hydrogens is 292 g/mol. The Labute approximate surface area is 135 Å². The Morgan fingerprint density at radius 2 is 1.68 bits per heavy atom. The first-order chi connectivity index (χ1) is 10.7. The molecule has 0 aliphatic carbocycles. The molecule has 0 aliphatic rings. The van der Waals surface area contributed by atoms with Crippen LogP contribution in [-0.2, 0) is 6.61 Å². The standard InChI is InChI=1S/C19H22O2S/c1-4-5-10-21-17-9-8-16-15-7-6-14(11-20)12(2)18(15)22-19(16)13(17)3/h6-9,20H,4-5,10-11H2,1-3H3. The first-order valence-corrected chi connectivity index (χ1v) is 8.67. The van der Waals surface area contributed by atoms with Crippen molar-refractivity contribution in [3.8, 4) is 5.75 Å². The van der Waals surface area contributed by atoms with Crippen LogP contribution in [0, 0.1) is 13.8 Å². The fourth-order valence-corrected chi connectivity index (χ4v) is 4.17. The molecule has 0 saturated heterocycles. The zero-order chi connectivity index (χ0) is 15.7. The molecule has 0 saturated carbocycles. The lowest BCUT2D eigenvalue weighted by molar-refractivity contribution is 0.281. The summed E-state index contributed by atoms with van der Waals surface area (Å²) in [5.41, 5.74) is 3.42. The normalized spacial score (nSPS) is 11.5. The molecule has 3 aromatic rings.